The highest BCUT2D eigenvalue weighted by molar-refractivity contribution is 7.99. The summed E-state index contributed by atoms with van der Waals surface area (Å²) in [5.74, 6) is 0.420. The molecule has 1 rings (SSSR count). The van der Waals surface area contributed by atoms with Gasteiger partial charge in [0.05, 0.1) is 12.5 Å². The van der Waals surface area contributed by atoms with Crippen LogP contribution < -0.4 is 10.6 Å². The van der Waals surface area contributed by atoms with Crippen molar-refractivity contribution in [3.05, 3.63) is 0 Å². The van der Waals surface area contributed by atoms with E-state index in [4.69, 9.17) is 5.11 Å². The van der Waals surface area contributed by atoms with Gasteiger partial charge in [-0.3, -0.25) is 9.59 Å². The van der Waals surface area contributed by atoms with Crippen LogP contribution in [-0.2, 0) is 9.59 Å². The monoisotopic (exact) mass is 317 g/mol. The molecule has 1 fully saturated rings. The lowest BCUT2D eigenvalue weighted by molar-refractivity contribution is -0.138. The summed E-state index contributed by atoms with van der Waals surface area (Å²) >= 11 is 1.65. The van der Waals surface area contributed by atoms with Gasteiger partial charge in [-0.1, -0.05) is 0 Å². The minimum atomic E-state index is -0.906. The predicted octanol–water partition coefficient (Wildman–Crippen LogP) is 0.503. The van der Waals surface area contributed by atoms with E-state index in [0.29, 0.717) is 12.3 Å². The third-order valence-electron chi connectivity index (χ3n) is 2.98. The minimum Gasteiger partial charge on any atom is -0.481 e. The van der Waals surface area contributed by atoms with Crippen molar-refractivity contribution >= 4 is 29.7 Å². The lowest BCUT2D eigenvalue weighted by atomic mass is 10.2. The molecule has 1 saturated heterocycles. The van der Waals surface area contributed by atoms with E-state index in [-0.39, 0.29) is 43.4 Å². The molecule has 21 heavy (non-hydrogen) atoms. The van der Waals surface area contributed by atoms with Crippen LogP contribution in [0.2, 0.25) is 0 Å². The summed E-state index contributed by atoms with van der Waals surface area (Å²) < 4.78 is 0. The Kier molecular flexibility index (Phi) is 7.35. The largest absolute Gasteiger partial charge is 0.481 e. The second kappa shape index (κ2) is 8.76. The third kappa shape index (κ3) is 6.70. The van der Waals surface area contributed by atoms with Gasteiger partial charge in [0.2, 0.25) is 5.91 Å². The zero-order chi connectivity index (χ0) is 15.8. The van der Waals surface area contributed by atoms with Gasteiger partial charge in [0.15, 0.2) is 0 Å². The summed E-state index contributed by atoms with van der Waals surface area (Å²) in [6.45, 7) is 4.53. The average molecular weight is 317 g/mol. The van der Waals surface area contributed by atoms with Crippen molar-refractivity contribution in [3.63, 3.8) is 0 Å². The van der Waals surface area contributed by atoms with Gasteiger partial charge in [0, 0.05) is 37.1 Å². The van der Waals surface area contributed by atoms with Crippen LogP contribution in [0.15, 0.2) is 0 Å². The number of nitrogens with one attached hydrogen (secondary N) is 2. The van der Waals surface area contributed by atoms with E-state index >= 15 is 0 Å². The van der Waals surface area contributed by atoms with E-state index in [0.717, 1.165) is 5.75 Å². The zero-order valence-electron chi connectivity index (χ0n) is 12.4. The third-order valence-corrected chi connectivity index (χ3v) is 4.07. The Hall–Kier alpha value is -1.44. The van der Waals surface area contributed by atoms with E-state index in [9.17, 15) is 14.4 Å². The maximum absolute atomic E-state index is 12.1. The average Bonchev–Trinajstić information content (AvgIpc) is 2.37. The van der Waals surface area contributed by atoms with Crippen molar-refractivity contribution in [2.24, 2.45) is 0 Å². The molecule has 0 spiro atoms. The first kappa shape index (κ1) is 17.6. The number of urea groups is 1. The van der Waals surface area contributed by atoms with Crippen LogP contribution in [0.25, 0.3) is 0 Å². The fraction of sp³-hybridized carbons (Fsp3) is 0.769. The Balaban J connectivity index is 2.38. The molecule has 0 aromatic carbocycles. The topological polar surface area (TPSA) is 98.7 Å². The van der Waals surface area contributed by atoms with E-state index in [2.05, 4.69) is 10.6 Å². The lowest BCUT2D eigenvalue weighted by Crippen LogP contribution is -2.51. The molecule has 0 aliphatic carbocycles. The van der Waals surface area contributed by atoms with Crippen molar-refractivity contribution in [3.8, 4) is 0 Å². The quantitative estimate of drug-likeness (QED) is 0.663. The van der Waals surface area contributed by atoms with Crippen LogP contribution in [0.3, 0.4) is 0 Å². The summed E-state index contributed by atoms with van der Waals surface area (Å²) in [6, 6.07) is -0.503. The highest BCUT2D eigenvalue weighted by atomic mass is 32.2. The van der Waals surface area contributed by atoms with Crippen molar-refractivity contribution in [1.29, 1.82) is 0 Å². The highest BCUT2D eigenvalue weighted by Crippen LogP contribution is 2.18. The van der Waals surface area contributed by atoms with E-state index in [1.165, 1.54) is 0 Å². The molecule has 1 unspecified atom stereocenters. The molecule has 1 aliphatic heterocycles. The number of aliphatic carboxylic acids is 1. The SMILES string of the molecule is CC(C)NC(=O)CCNC(=O)N1CCSCC1CC(=O)O. The summed E-state index contributed by atoms with van der Waals surface area (Å²) in [6.07, 6.45) is 0.171. The van der Waals surface area contributed by atoms with Crippen LogP contribution in [0.1, 0.15) is 26.7 Å². The van der Waals surface area contributed by atoms with Gasteiger partial charge in [-0.15, -0.1) is 0 Å². The maximum atomic E-state index is 12.1. The number of carbonyl (C=O) groups excluding carboxylic acids is 2. The number of rotatable bonds is 6. The Bertz CT molecular complexity index is 390. The van der Waals surface area contributed by atoms with Gasteiger partial charge in [-0.2, -0.15) is 11.8 Å². The first-order chi connectivity index (χ1) is 9.90. The summed E-state index contributed by atoms with van der Waals surface area (Å²) in [4.78, 5) is 35.9. The van der Waals surface area contributed by atoms with Crippen molar-refractivity contribution in [2.45, 2.75) is 38.8 Å². The van der Waals surface area contributed by atoms with E-state index < -0.39 is 5.97 Å². The fourth-order valence-corrected chi connectivity index (χ4v) is 3.13. The van der Waals surface area contributed by atoms with Crippen LogP contribution in [0.4, 0.5) is 4.79 Å². The molecule has 3 amide bonds. The Morgan fingerprint density at radius 3 is 2.71 bits per heavy atom. The molecule has 0 radical (unpaired) electrons. The normalized spacial score (nSPS) is 18.4. The second-order valence-corrected chi connectivity index (χ2v) is 6.37. The molecule has 7 nitrogen and oxygen atoms in total. The van der Waals surface area contributed by atoms with Crippen LogP contribution in [-0.4, -0.2) is 64.6 Å². The van der Waals surface area contributed by atoms with Gasteiger partial charge in [0.25, 0.3) is 0 Å². The van der Waals surface area contributed by atoms with E-state index in [1.807, 2.05) is 13.8 Å². The predicted molar refractivity (Wildman–Crippen MR) is 81.4 cm³/mol. The first-order valence-electron chi connectivity index (χ1n) is 7.03. The van der Waals surface area contributed by atoms with Crippen molar-refractivity contribution in [2.75, 3.05) is 24.6 Å². The second-order valence-electron chi connectivity index (χ2n) is 5.22. The minimum absolute atomic E-state index is 0.0474. The summed E-state index contributed by atoms with van der Waals surface area (Å²) in [7, 11) is 0. The number of hydrogen-bond acceptors (Lipinski definition) is 4. The molecular weight excluding hydrogens is 294 g/mol. The van der Waals surface area contributed by atoms with E-state index in [1.54, 1.807) is 16.7 Å². The van der Waals surface area contributed by atoms with Crippen molar-refractivity contribution < 1.29 is 19.5 Å². The lowest BCUT2D eigenvalue weighted by Gasteiger charge is -2.34. The van der Waals surface area contributed by atoms with Gasteiger partial charge in [-0.05, 0) is 13.8 Å². The molecular formula is C13H23N3O4S. The first-order valence-corrected chi connectivity index (χ1v) is 8.19. The molecule has 8 heteroatoms. The smallest absolute Gasteiger partial charge is 0.317 e. The molecule has 1 atom stereocenters. The van der Waals surface area contributed by atoms with Crippen LogP contribution >= 0.6 is 11.8 Å². The number of amides is 3. The fourth-order valence-electron chi connectivity index (χ4n) is 2.07. The van der Waals surface area contributed by atoms with Gasteiger partial charge in [-0.25, -0.2) is 4.79 Å². The number of thioether (sulfide) groups is 1. The molecule has 0 aromatic heterocycles. The number of carbonyl (C=O) groups is 3. The van der Waals surface area contributed by atoms with Crippen molar-refractivity contribution in [1.82, 2.24) is 15.5 Å². The maximum Gasteiger partial charge on any atom is 0.317 e. The molecule has 1 aliphatic rings. The van der Waals surface area contributed by atoms with Gasteiger partial charge < -0.3 is 20.6 Å². The Morgan fingerprint density at radius 2 is 2.10 bits per heavy atom. The Labute approximate surface area is 128 Å². The van der Waals surface area contributed by atoms with Crippen LogP contribution in [0.5, 0.6) is 0 Å². The molecule has 0 bridgehead atoms. The summed E-state index contributed by atoms with van der Waals surface area (Å²) in [5, 5.41) is 14.3. The number of hydrogen-bond donors (Lipinski definition) is 3. The number of carboxylic acid groups (broad SMARTS) is 1. The molecule has 1 heterocycles. The van der Waals surface area contributed by atoms with Crippen LogP contribution in [0, 0.1) is 0 Å². The molecule has 3 N–H and O–H groups in total. The molecule has 0 aromatic rings. The standard InChI is InChI=1S/C13H23N3O4S/c1-9(2)15-11(17)3-4-14-13(20)16-5-6-21-8-10(16)7-12(18)19/h9-10H,3-8H2,1-2H3,(H,14,20)(H,15,17)(H,18,19). The van der Waals surface area contributed by atoms with Gasteiger partial charge >= 0.3 is 12.0 Å². The highest BCUT2D eigenvalue weighted by Gasteiger charge is 2.28. The number of nitrogens with zero attached hydrogens (tertiary/aromatic N) is 1. The van der Waals surface area contributed by atoms with Gasteiger partial charge in [0.1, 0.15) is 0 Å². The Morgan fingerprint density at radius 1 is 1.38 bits per heavy atom. The zero-order valence-corrected chi connectivity index (χ0v) is 13.2. The molecule has 120 valence electrons. The summed E-state index contributed by atoms with van der Waals surface area (Å²) in [5.41, 5.74) is 0. The number of carboxylic acids is 1. The molecule has 0 saturated carbocycles.